The number of unbranched alkanes of at least 4 members (excludes halogenated alkanes) is 2. The van der Waals surface area contributed by atoms with E-state index in [4.69, 9.17) is 0 Å². The summed E-state index contributed by atoms with van der Waals surface area (Å²) in [4.78, 5) is 53.0. The molecular formula is C24H42N4O4S. The van der Waals surface area contributed by atoms with Gasteiger partial charge in [-0.2, -0.15) is 11.8 Å². The van der Waals surface area contributed by atoms with E-state index in [0.717, 1.165) is 24.3 Å². The van der Waals surface area contributed by atoms with Gasteiger partial charge in [-0.05, 0) is 32.7 Å². The highest BCUT2D eigenvalue weighted by molar-refractivity contribution is 8.00. The monoisotopic (exact) mass is 482 g/mol. The Kier molecular flexibility index (Phi) is 12.1. The molecular weight excluding hydrogens is 440 g/mol. The van der Waals surface area contributed by atoms with Crippen LogP contribution in [0.1, 0.15) is 59.3 Å². The fourth-order valence-corrected chi connectivity index (χ4v) is 4.48. The summed E-state index contributed by atoms with van der Waals surface area (Å²) in [6.45, 7) is 10.5. The second-order valence-corrected chi connectivity index (χ2v) is 11.3. The van der Waals surface area contributed by atoms with Crippen LogP contribution in [-0.4, -0.2) is 84.6 Å². The highest BCUT2D eigenvalue weighted by Gasteiger charge is 2.32. The molecule has 1 unspecified atom stereocenters. The molecule has 1 saturated heterocycles. The molecule has 1 rings (SSSR count). The van der Waals surface area contributed by atoms with Crippen molar-refractivity contribution < 1.29 is 19.2 Å². The molecule has 1 aliphatic heterocycles. The van der Waals surface area contributed by atoms with Crippen LogP contribution in [0.3, 0.4) is 0 Å². The summed E-state index contributed by atoms with van der Waals surface area (Å²) in [6.07, 6.45) is 3.37. The lowest BCUT2D eigenvalue weighted by atomic mass is 9.86. The second-order valence-electron chi connectivity index (χ2n) is 9.94. The topological polar surface area (TPSA) is 98.8 Å². The molecule has 2 N–H and O–H groups in total. The van der Waals surface area contributed by atoms with E-state index < -0.39 is 11.5 Å². The van der Waals surface area contributed by atoms with Gasteiger partial charge in [-0.25, -0.2) is 0 Å². The number of ketones is 1. The average molecular weight is 483 g/mol. The summed E-state index contributed by atoms with van der Waals surface area (Å²) in [6, 6.07) is -0.805. The molecule has 1 aliphatic rings. The van der Waals surface area contributed by atoms with E-state index in [1.54, 1.807) is 18.8 Å². The number of rotatable bonds is 14. The highest BCUT2D eigenvalue weighted by atomic mass is 32.2. The zero-order valence-corrected chi connectivity index (χ0v) is 22.0. The molecule has 188 valence electrons. The van der Waals surface area contributed by atoms with Crippen LogP contribution in [0.5, 0.6) is 0 Å². The van der Waals surface area contributed by atoms with Crippen molar-refractivity contribution in [3.05, 3.63) is 12.3 Å². The molecule has 0 aromatic heterocycles. The van der Waals surface area contributed by atoms with E-state index in [9.17, 15) is 19.2 Å². The molecule has 3 amide bonds. The van der Waals surface area contributed by atoms with Crippen molar-refractivity contribution in [3.8, 4) is 0 Å². The molecule has 8 nitrogen and oxygen atoms in total. The first-order valence-corrected chi connectivity index (χ1v) is 12.7. The zero-order chi connectivity index (χ0) is 25.2. The van der Waals surface area contributed by atoms with Crippen molar-refractivity contribution in [1.29, 1.82) is 0 Å². The Labute approximate surface area is 203 Å². The number of nitrogens with one attached hydrogen (secondary N) is 2. The average Bonchev–Trinajstić information content (AvgIpc) is 3.03. The smallest absolute Gasteiger partial charge is 0.243 e. The number of nitrogens with zero attached hydrogens (tertiary/aromatic N) is 2. The van der Waals surface area contributed by atoms with Crippen LogP contribution in [0.2, 0.25) is 0 Å². The molecule has 0 aromatic carbocycles. The second kappa shape index (κ2) is 13.7. The summed E-state index contributed by atoms with van der Waals surface area (Å²) >= 11 is 1.72. The van der Waals surface area contributed by atoms with Gasteiger partial charge in [0.15, 0.2) is 0 Å². The van der Waals surface area contributed by atoms with Gasteiger partial charge in [0.05, 0.1) is 5.25 Å². The van der Waals surface area contributed by atoms with Crippen molar-refractivity contribution >= 4 is 35.3 Å². The molecule has 9 heteroatoms. The van der Waals surface area contributed by atoms with Gasteiger partial charge < -0.3 is 20.4 Å². The van der Waals surface area contributed by atoms with Crippen LogP contribution in [-0.2, 0) is 19.2 Å². The largest absolute Gasteiger partial charge is 0.353 e. The molecule has 2 atom stereocenters. The summed E-state index contributed by atoms with van der Waals surface area (Å²) in [7, 11) is 5.45. The van der Waals surface area contributed by atoms with Crippen molar-refractivity contribution in [2.75, 3.05) is 40.0 Å². The Balaban J connectivity index is 2.51. The summed E-state index contributed by atoms with van der Waals surface area (Å²) in [5.41, 5.74) is 0.204. The fourth-order valence-electron chi connectivity index (χ4n) is 3.30. The normalized spacial score (nSPS) is 17.1. The van der Waals surface area contributed by atoms with Crippen molar-refractivity contribution in [2.45, 2.75) is 70.6 Å². The van der Waals surface area contributed by atoms with Crippen LogP contribution in [0.15, 0.2) is 12.3 Å². The maximum absolute atomic E-state index is 12.8. The minimum Gasteiger partial charge on any atom is -0.353 e. The van der Waals surface area contributed by atoms with Crippen LogP contribution in [0.4, 0.5) is 0 Å². The first-order valence-electron chi connectivity index (χ1n) is 11.6. The highest BCUT2D eigenvalue weighted by Crippen LogP contribution is 2.26. The molecule has 0 bridgehead atoms. The van der Waals surface area contributed by atoms with Gasteiger partial charge in [-0.1, -0.05) is 33.8 Å². The predicted octanol–water partition coefficient (Wildman–Crippen LogP) is 2.19. The predicted molar refractivity (Wildman–Crippen MR) is 134 cm³/mol. The van der Waals surface area contributed by atoms with Gasteiger partial charge in [-0.3, -0.25) is 19.2 Å². The summed E-state index contributed by atoms with van der Waals surface area (Å²) in [5.74, 6) is 0.460. The lowest BCUT2D eigenvalue weighted by Crippen LogP contribution is -2.50. The molecule has 1 fully saturated rings. The van der Waals surface area contributed by atoms with Gasteiger partial charge in [0, 0.05) is 50.5 Å². The van der Waals surface area contributed by atoms with Crippen molar-refractivity contribution in [3.63, 3.8) is 0 Å². The van der Waals surface area contributed by atoms with Gasteiger partial charge >= 0.3 is 0 Å². The van der Waals surface area contributed by atoms with E-state index in [2.05, 4.69) is 17.2 Å². The molecule has 0 radical (unpaired) electrons. The number of Topliss-reactive ketones (excluding diaryl/α,β-unsaturated/α-hetero) is 1. The number of likely N-dealkylation sites (N-methyl/N-ethyl adjacent to an activating group) is 2. The van der Waals surface area contributed by atoms with E-state index in [-0.39, 0.29) is 35.2 Å². The van der Waals surface area contributed by atoms with Crippen LogP contribution in [0.25, 0.3) is 0 Å². The Bertz CT molecular complexity index is 718. The Morgan fingerprint density at radius 3 is 2.39 bits per heavy atom. The molecule has 0 spiro atoms. The van der Waals surface area contributed by atoms with Crippen LogP contribution < -0.4 is 10.6 Å². The van der Waals surface area contributed by atoms with E-state index in [1.807, 2.05) is 39.8 Å². The van der Waals surface area contributed by atoms with Gasteiger partial charge in [0.25, 0.3) is 0 Å². The van der Waals surface area contributed by atoms with Gasteiger partial charge in [0.2, 0.25) is 17.7 Å². The molecule has 0 aliphatic carbocycles. The summed E-state index contributed by atoms with van der Waals surface area (Å²) < 4.78 is 0. The molecule has 0 aromatic rings. The van der Waals surface area contributed by atoms with E-state index in [0.29, 0.717) is 32.4 Å². The number of carbonyl (C=O) groups excluding carboxylic acids is 4. The van der Waals surface area contributed by atoms with Gasteiger partial charge in [-0.15, -0.1) is 0 Å². The lowest BCUT2D eigenvalue weighted by molar-refractivity contribution is -0.142. The fraction of sp³-hybridized carbons (Fsp3) is 0.750. The first-order chi connectivity index (χ1) is 15.3. The number of amides is 3. The Hall–Kier alpha value is -1.87. The maximum Gasteiger partial charge on any atom is 0.243 e. The quantitative estimate of drug-likeness (QED) is 0.368. The third-order valence-corrected chi connectivity index (χ3v) is 7.03. The minimum atomic E-state index is -0.805. The zero-order valence-electron chi connectivity index (χ0n) is 21.2. The Morgan fingerprint density at radius 1 is 1.18 bits per heavy atom. The van der Waals surface area contributed by atoms with Crippen LogP contribution >= 0.6 is 11.8 Å². The number of hydrogen-bond donors (Lipinski definition) is 2. The SMILES string of the molecule is C=C1NC(=O)CC1SCCCCCC(=O)N(C)[C@@H](CC(=O)C(C)(C)C)C(=O)NCCN(C)C. The van der Waals surface area contributed by atoms with Crippen molar-refractivity contribution in [2.24, 2.45) is 5.41 Å². The molecule has 33 heavy (non-hydrogen) atoms. The first kappa shape index (κ1) is 29.2. The van der Waals surface area contributed by atoms with Gasteiger partial charge in [0.1, 0.15) is 11.8 Å². The van der Waals surface area contributed by atoms with E-state index in [1.165, 1.54) is 4.90 Å². The standard InChI is InChI=1S/C24H42N4O4S/c1-17-19(16-21(30)26-17)33-14-10-8-9-11-22(31)28(7)18(15-20(29)24(2,3)4)23(32)25-12-13-27(5)6/h18-19H,1,8-16H2,2-7H3,(H,25,32)(H,26,30)/t18-,19?/m0/s1. The van der Waals surface area contributed by atoms with E-state index >= 15 is 0 Å². The maximum atomic E-state index is 12.8. The van der Waals surface area contributed by atoms with Crippen molar-refractivity contribution in [1.82, 2.24) is 20.4 Å². The van der Waals surface area contributed by atoms with Crippen LogP contribution in [0, 0.1) is 5.41 Å². The number of thioether (sulfide) groups is 1. The summed E-state index contributed by atoms with van der Waals surface area (Å²) in [5, 5.41) is 5.74. The Morgan fingerprint density at radius 2 is 1.85 bits per heavy atom. The lowest BCUT2D eigenvalue weighted by Gasteiger charge is -2.29. The minimum absolute atomic E-state index is 0.00814. The molecule has 1 heterocycles. The third-order valence-electron chi connectivity index (χ3n) is 5.65. The number of hydrogen-bond acceptors (Lipinski definition) is 6. The number of carbonyl (C=O) groups is 4. The third kappa shape index (κ3) is 10.7. The molecule has 0 saturated carbocycles.